The van der Waals surface area contributed by atoms with Gasteiger partial charge < -0.3 is 14.7 Å². The number of carboxylic acid groups (broad SMARTS) is 1. The number of hydrogen-bond donors (Lipinski definition) is 1. The summed E-state index contributed by atoms with van der Waals surface area (Å²) in [5.41, 5.74) is -0.394. The van der Waals surface area contributed by atoms with E-state index in [9.17, 15) is 22.8 Å². The van der Waals surface area contributed by atoms with Gasteiger partial charge in [0.1, 0.15) is 0 Å². The third kappa shape index (κ3) is 6.13. The largest absolute Gasteiger partial charge is 0.476 e. The van der Waals surface area contributed by atoms with Gasteiger partial charge in [0.2, 0.25) is 0 Å². The number of ether oxygens (including phenoxy) is 1. The van der Waals surface area contributed by atoms with Crippen LogP contribution in [0, 0.1) is 5.95 Å². The van der Waals surface area contributed by atoms with E-state index in [0.717, 1.165) is 6.20 Å². The number of carbonyl (C=O) groups is 2. The van der Waals surface area contributed by atoms with Gasteiger partial charge >= 0.3 is 11.9 Å². The summed E-state index contributed by atoms with van der Waals surface area (Å²) in [5.74, 6) is -5.24. The van der Waals surface area contributed by atoms with Crippen LogP contribution in [0.15, 0.2) is 12.4 Å². The Morgan fingerprint density at radius 1 is 1.10 bits per heavy atom. The lowest BCUT2D eigenvalue weighted by Crippen LogP contribution is -2.40. The molecule has 162 valence electrons. The molecule has 3 rings (SSSR count). The molecule has 1 saturated heterocycles. The van der Waals surface area contributed by atoms with Crippen molar-refractivity contribution in [2.45, 2.75) is 18.8 Å². The summed E-state index contributed by atoms with van der Waals surface area (Å²) in [6, 6.07) is 0. The fraction of sp³-hybridized carbons (Fsp3) is 0.375. The Balaban J connectivity index is 0.000000248. The van der Waals surface area contributed by atoms with Gasteiger partial charge in [-0.25, -0.2) is 38.3 Å². The van der Waals surface area contributed by atoms with Gasteiger partial charge in [0.25, 0.3) is 11.9 Å². The maximum absolute atomic E-state index is 13.1. The fourth-order valence-corrected chi connectivity index (χ4v) is 2.67. The first-order valence-electron chi connectivity index (χ1n) is 8.19. The molecule has 0 radical (unpaired) electrons. The lowest BCUT2D eigenvalue weighted by atomic mass is 10.1. The molecule has 1 N–H and O–H groups in total. The van der Waals surface area contributed by atoms with E-state index in [4.69, 9.17) is 28.3 Å². The predicted molar refractivity (Wildman–Crippen MR) is 98.7 cm³/mol. The minimum Gasteiger partial charge on any atom is -0.476 e. The molecule has 9 nitrogen and oxygen atoms in total. The minimum absolute atomic E-state index is 0.00752. The summed E-state index contributed by atoms with van der Waals surface area (Å²) < 4.78 is 42.9. The summed E-state index contributed by atoms with van der Waals surface area (Å²) in [6.07, 6.45) is 1.52. The van der Waals surface area contributed by atoms with Crippen molar-refractivity contribution in [3.05, 3.63) is 40.0 Å². The van der Waals surface area contributed by atoms with Crippen LogP contribution in [0.1, 0.15) is 33.8 Å². The lowest BCUT2D eigenvalue weighted by molar-refractivity contribution is -0.0221. The molecule has 3 heterocycles. The molecular weight excluding hydrogens is 454 g/mol. The van der Waals surface area contributed by atoms with E-state index in [1.54, 1.807) is 4.90 Å². The van der Waals surface area contributed by atoms with Crippen molar-refractivity contribution < 1.29 is 32.6 Å². The fourth-order valence-electron chi connectivity index (χ4n) is 2.28. The number of alkyl halides is 2. The third-order valence-corrected chi connectivity index (χ3v) is 4.30. The molecule has 0 spiro atoms. The van der Waals surface area contributed by atoms with Crippen LogP contribution in [0.3, 0.4) is 0 Å². The summed E-state index contributed by atoms with van der Waals surface area (Å²) in [4.78, 5) is 37.2. The number of anilines is 1. The maximum atomic E-state index is 13.1. The van der Waals surface area contributed by atoms with Crippen LogP contribution in [0.2, 0.25) is 10.3 Å². The second-order valence-corrected chi connectivity index (χ2v) is 6.56. The number of esters is 1. The number of halogens is 5. The van der Waals surface area contributed by atoms with Crippen LogP contribution in [0.4, 0.5) is 19.0 Å². The van der Waals surface area contributed by atoms with E-state index in [-0.39, 0.29) is 42.5 Å². The Morgan fingerprint density at radius 2 is 1.67 bits per heavy atom. The second-order valence-electron chi connectivity index (χ2n) is 5.85. The molecule has 0 atom stereocenters. The van der Waals surface area contributed by atoms with Crippen molar-refractivity contribution in [2.24, 2.45) is 0 Å². The normalized spacial score (nSPS) is 15.1. The van der Waals surface area contributed by atoms with Gasteiger partial charge in [0, 0.05) is 25.9 Å². The molecule has 1 fully saturated rings. The molecule has 0 unspecified atom stereocenters. The SMILES string of the molecule is COC(=O)c1cnc(N2CCC(F)(F)CC2)c(Cl)n1.O=C(O)c1cnc(F)c(Cl)n1. The zero-order valence-corrected chi connectivity index (χ0v) is 16.8. The van der Waals surface area contributed by atoms with Crippen LogP contribution in [0.25, 0.3) is 0 Å². The van der Waals surface area contributed by atoms with Crippen molar-refractivity contribution in [1.82, 2.24) is 19.9 Å². The number of aromatic nitrogens is 4. The zero-order valence-electron chi connectivity index (χ0n) is 15.3. The Hall–Kier alpha value is -2.73. The van der Waals surface area contributed by atoms with Crippen LogP contribution >= 0.6 is 23.2 Å². The minimum atomic E-state index is -2.64. The van der Waals surface area contributed by atoms with Crippen LogP contribution < -0.4 is 4.90 Å². The monoisotopic (exact) mass is 467 g/mol. The van der Waals surface area contributed by atoms with Gasteiger partial charge in [-0.05, 0) is 0 Å². The van der Waals surface area contributed by atoms with Crippen LogP contribution in [0.5, 0.6) is 0 Å². The van der Waals surface area contributed by atoms with E-state index in [2.05, 4.69) is 24.7 Å². The molecule has 0 saturated carbocycles. The van der Waals surface area contributed by atoms with Crippen molar-refractivity contribution in [3.8, 4) is 0 Å². The molecule has 2 aromatic heterocycles. The second kappa shape index (κ2) is 9.85. The van der Waals surface area contributed by atoms with Crippen LogP contribution in [-0.2, 0) is 4.74 Å². The number of aromatic carboxylic acids is 1. The number of carboxylic acids is 1. The van der Waals surface area contributed by atoms with Crippen LogP contribution in [-0.4, -0.2) is 63.1 Å². The van der Waals surface area contributed by atoms with Crippen molar-refractivity contribution in [2.75, 3.05) is 25.1 Å². The van der Waals surface area contributed by atoms with E-state index in [1.807, 2.05) is 0 Å². The number of rotatable bonds is 3. The van der Waals surface area contributed by atoms with E-state index < -0.39 is 29.0 Å². The number of nitrogens with zero attached hydrogens (tertiary/aromatic N) is 5. The van der Waals surface area contributed by atoms with Gasteiger partial charge in [-0.2, -0.15) is 4.39 Å². The highest BCUT2D eigenvalue weighted by Gasteiger charge is 2.35. The van der Waals surface area contributed by atoms with E-state index >= 15 is 0 Å². The zero-order chi connectivity index (χ0) is 22.5. The summed E-state index contributed by atoms with van der Waals surface area (Å²) in [5, 5.41) is 7.79. The van der Waals surface area contributed by atoms with Gasteiger partial charge in [-0.15, -0.1) is 0 Å². The Morgan fingerprint density at radius 3 is 2.17 bits per heavy atom. The summed E-state index contributed by atoms with van der Waals surface area (Å²) in [6.45, 7) is 0.304. The highest BCUT2D eigenvalue weighted by Crippen LogP contribution is 2.31. The maximum Gasteiger partial charge on any atom is 0.358 e. The van der Waals surface area contributed by atoms with Gasteiger partial charge in [-0.3, -0.25) is 0 Å². The number of hydrogen-bond acceptors (Lipinski definition) is 8. The van der Waals surface area contributed by atoms with E-state index in [1.165, 1.54) is 13.3 Å². The molecule has 0 bridgehead atoms. The first-order chi connectivity index (χ1) is 14.0. The number of piperidine rings is 1. The molecule has 14 heteroatoms. The van der Waals surface area contributed by atoms with Crippen molar-refractivity contribution in [1.29, 1.82) is 0 Å². The van der Waals surface area contributed by atoms with Crippen molar-refractivity contribution in [3.63, 3.8) is 0 Å². The molecule has 2 aromatic rings. The first-order valence-corrected chi connectivity index (χ1v) is 8.94. The number of methoxy groups -OCH3 is 1. The van der Waals surface area contributed by atoms with Gasteiger partial charge in [0.15, 0.2) is 27.5 Å². The molecule has 30 heavy (non-hydrogen) atoms. The predicted octanol–water partition coefficient (Wildman–Crippen LogP) is 3.12. The highest BCUT2D eigenvalue weighted by molar-refractivity contribution is 6.31. The van der Waals surface area contributed by atoms with Gasteiger partial charge in [-0.1, -0.05) is 23.2 Å². The topological polar surface area (TPSA) is 118 Å². The standard InChI is InChI=1S/C11H12ClF2N3O2.C5H2ClFN2O2/c1-19-10(18)7-6-15-9(8(12)16-7)17-4-2-11(13,14)3-5-17;6-3-4(7)8-1-2(9-3)5(10)11/h6H,2-5H2,1H3;1H,(H,10,11). The van der Waals surface area contributed by atoms with E-state index in [0.29, 0.717) is 5.82 Å². The Labute approximate surface area is 177 Å². The number of carbonyl (C=O) groups excluding carboxylic acids is 1. The third-order valence-electron chi connectivity index (χ3n) is 3.81. The average Bonchev–Trinajstić information content (AvgIpc) is 2.70. The Bertz CT molecular complexity index is 941. The van der Waals surface area contributed by atoms with Gasteiger partial charge in [0.05, 0.1) is 19.5 Å². The smallest absolute Gasteiger partial charge is 0.358 e. The highest BCUT2D eigenvalue weighted by atomic mass is 35.5. The Kier molecular flexibility index (Phi) is 7.73. The molecule has 1 aliphatic heterocycles. The summed E-state index contributed by atoms with van der Waals surface area (Å²) in [7, 11) is 1.22. The van der Waals surface area contributed by atoms with Crippen molar-refractivity contribution >= 4 is 41.0 Å². The summed E-state index contributed by atoms with van der Waals surface area (Å²) >= 11 is 11.1. The molecule has 0 aliphatic carbocycles. The molecular formula is C16H14Cl2F3N5O4. The first kappa shape index (κ1) is 23.5. The quantitative estimate of drug-likeness (QED) is 0.678. The average molecular weight is 468 g/mol. The molecule has 0 aromatic carbocycles. The lowest BCUT2D eigenvalue weighted by Gasteiger charge is -2.32. The molecule has 0 amide bonds. The molecule has 1 aliphatic rings.